The van der Waals surface area contributed by atoms with Gasteiger partial charge >= 0.3 is 12.1 Å². The summed E-state index contributed by atoms with van der Waals surface area (Å²) < 4.78 is 10.1. The van der Waals surface area contributed by atoms with E-state index in [2.05, 4.69) is 9.72 Å². The molecule has 25 heavy (non-hydrogen) atoms. The molecule has 1 aliphatic rings. The molecule has 0 saturated carbocycles. The molecule has 1 fully saturated rings. The summed E-state index contributed by atoms with van der Waals surface area (Å²) in [5, 5.41) is 2.65. The van der Waals surface area contributed by atoms with Gasteiger partial charge < -0.3 is 14.4 Å². The van der Waals surface area contributed by atoms with Crippen LogP contribution in [0.4, 0.5) is 4.79 Å². The first-order valence-electron chi connectivity index (χ1n) is 8.16. The first-order valence-corrected chi connectivity index (χ1v) is 9.04. The van der Waals surface area contributed by atoms with Gasteiger partial charge in [0.05, 0.1) is 12.1 Å². The van der Waals surface area contributed by atoms with Gasteiger partial charge in [-0.3, -0.25) is 0 Å². The van der Waals surface area contributed by atoms with Gasteiger partial charge in [0.2, 0.25) is 0 Å². The van der Waals surface area contributed by atoms with Crippen molar-refractivity contribution in [2.75, 3.05) is 20.2 Å². The minimum atomic E-state index is -0.413. The molecule has 1 aliphatic heterocycles. The Kier molecular flexibility index (Phi) is 5.65. The predicted octanol–water partition coefficient (Wildman–Crippen LogP) is 3.45. The number of carbonyl (C=O) groups excluding carboxylic acids is 2. The van der Waals surface area contributed by atoms with Gasteiger partial charge in [-0.1, -0.05) is 30.3 Å². The third kappa shape index (κ3) is 4.36. The highest BCUT2D eigenvalue weighted by Gasteiger charge is 2.27. The minimum absolute atomic E-state index is 0.265. The number of thiazole rings is 1. The maximum atomic E-state index is 12.2. The average molecular weight is 360 g/mol. The lowest BCUT2D eigenvalue weighted by atomic mass is 9.98. The number of methoxy groups -OCH3 is 1. The molecule has 0 spiro atoms. The topological polar surface area (TPSA) is 68.7 Å². The highest BCUT2D eigenvalue weighted by Crippen LogP contribution is 2.30. The number of piperidine rings is 1. The number of amides is 1. The maximum Gasteiger partial charge on any atom is 0.410 e. The average Bonchev–Trinajstić information content (AvgIpc) is 3.16. The van der Waals surface area contributed by atoms with Gasteiger partial charge in [0, 0.05) is 24.4 Å². The molecule has 0 radical (unpaired) electrons. The Balaban J connectivity index is 1.49. The second kappa shape index (κ2) is 8.11. The quantitative estimate of drug-likeness (QED) is 0.781. The van der Waals surface area contributed by atoms with Crippen LogP contribution in [-0.2, 0) is 16.1 Å². The Morgan fingerprint density at radius 2 is 1.96 bits per heavy atom. The monoisotopic (exact) mass is 360 g/mol. The van der Waals surface area contributed by atoms with Crippen LogP contribution in [0.3, 0.4) is 0 Å². The summed E-state index contributed by atoms with van der Waals surface area (Å²) in [5.41, 5.74) is 1.33. The number of aromatic nitrogens is 1. The van der Waals surface area contributed by atoms with Crippen LogP contribution in [0.2, 0.25) is 0 Å². The van der Waals surface area contributed by atoms with E-state index < -0.39 is 5.97 Å². The van der Waals surface area contributed by atoms with Crippen molar-refractivity contribution in [3.63, 3.8) is 0 Å². The van der Waals surface area contributed by atoms with Crippen molar-refractivity contribution >= 4 is 23.4 Å². The molecule has 6 nitrogen and oxygen atoms in total. The number of esters is 1. The predicted molar refractivity (Wildman–Crippen MR) is 93.6 cm³/mol. The molecule has 2 aromatic rings. The molecule has 0 N–H and O–H groups in total. The van der Waals surface area contributed by atoms with Gasteiger partial charge in [-0.2, -0.15) is 0 Å². The molecule has 0 unspecified atom stereocenters. The highest BCUT2D eigenvalue weighted by atomic mass is 32.1. The van der Waals surface area contributed by atoms with Gasteiger partial charge in [-0.25, -0.2) is 14.6 Å². The van der Waals surface area contributed by atoms with Gasteiger partial charge in [-0.05, 0) is 18.4 Å². The second-order valence-corrected chi connectivity index (χ2v) is 6.75. The van der Waals surface area contributed by atoms with Crippen LogP contribution in [0, 0.1) is 0 Å². The largest absolute Gasteiger partial charge is 0.464 e. The molecule has 1 amide bonds. The number of carbonyl (C=O) groups is 2. The smallest absolute Gasteiger partial charge is 0.410 e. The standard InChI is InChI=1S/C18H20N2O4S/c1-23-17(21)15-12-25-16(19-15)14-7-9-20(10-8-14)18(22)24-11-13-5-3-2-4-6-13/h2-6,12,14H,7-11H2,1H3. The lowest BCUT2D eigenvalue weighted by Crippen LogP contribution is -2.38. The fourth-order valence-electron chi connectivity index (χ4n) is 2.79. The van der Waals surface area contributed by atoms with Gasteiger partial charge in [0.25, 0.3) is 0 Å². The molecule has 0 aliphatic carbocycles. The molecular weight excluding hydrogens is 340 g/mol. The molecule has 1 saturated heterocycles. The Hall–Kier alpha value is -2.41. The summed E-state index contributed by atoms with van der Waals surface area (Å²) in [7, 11) is 1.35. The van der Waals surface area contributed by atoms with Gasteiger partial charge in [0.15, 0.2) is 5.69 Å². The lowest BCUT2D eigenvalue weighted by molar-refractivity contribution is 0.0594. The van der Waals surface area contributed by atoms with Crippen molar-refractivity contribution in [3.05, 3.63) is 52.0 Å². The van der Waals surface area contributed by atoms with Crippen molar-refractivity contribution in [2.45, 2.75) is 25.4 Å². The van der Waals surface area contributed by atoms with Crippen LogP contribution in [0.25, 0.3) is 0 Å². The van der Waals surface area contributed by atoms with Crippen LogP contribution >= 0.6 is 11.3 Å². The van der Waals surface area contributed by atoms with E-state index in [1.165, 1.54) is 18.4 Å². The molecule has 3 rings (SSSR count). The molecule has 132 valence electrons. The normalized spacial score (nSPS) is 15.0. The van der Waals surface area contributed by atoms with Crippen LogP contribution in [-0.4, -0.2) is 42.1 Å². The number of likely N-dealkylation sites (tertiary alicyclic amines) is 1. The number of hydrogen-bond acceptors (Lipinski definition) is 6. The van der Waals surface area contributed by atoms with Gasteiger partial charge in [0.1, 0.15) is 6.61 Å². The molecule has 7 heteroatoms. The van der Waals surface area contributed by atoms with Crippen LogP contribution in [0.15, 0.2) is 35.7 Å². The van der Waals surface area contributed by atoms with E-state index in [9.17, 15) is 9.59 Å². The highest BCUT2D eigenvalue weighted by molar-refractivity contribution is 7.09. The van der Waals surface area contributed by atoms with Crippen molar-refractivity contribution < 1.29 is 19.1 Å². The molecule has 0 bridgehead atoms. The number of rotatable bonds is 4. The van der Waals surface area contributed by atoms with E-state index in [1.807, 2.05) is 30.3 Å². The van der Waals surface area contributed by atoms with Crippen molar-refractivity contribution in [3.8, 4) is 0 Å². The molecule has 0 atom stereocenters. The van der Waals surface area contributed by atoms with E-state index in [0.717, 1.165) is 23.4 Å². The van der Waals surface area contributed by atoms with Gasteiger partial charge in [-0.15, -0.1) is 11.3 Å². The summed E-state index contributed by atoms with van der Waals surface area (Å²) in [6.45, 7) is 1.55. The lowest BCUT2D eigenvalue weighted by Gasteiger charge is -2.30. The number of nitrogens with zero attached hydrogens (tertiary/aromatic N) is 2. The number of ether oxygens (including phenoxy) is 2. The number of benzene rings is 1. The number of hydrogen-bond donors (Lipinski definition) is 0. The summed E-state index contributed by atoms with van der Waals surface area (Å²) in [5.74, 6) is -0.147. The second-order valence-electron chi connectivity index (χ2n) is 5.86. The third-order valence-corrected chi connectivity index (χ3v) is 5.23. The summed E-state index contributed by atoms with van der Waals surface area (Å²) in [4.78, 5) is 29.8. The van der Waals surface area contributed by atoms with E-state index in [1.54, 1.807) is 10.3 Å². The third-order valence-electron chi connectivity index (χ3n) is 4.22. The zero-order valence-electron chi connectivity index (χ0n) is 14.0. The Morgan fingerprint density at radius 3 is 2.64 bits per heavy atom. The SMILES string of the molecule is COC(=O)c1csc(C2CCN(C(=O)OCc3ccccc3)CC2)n1. The first-order chi connectivity index (χ1) is 12.2. The van der Waals surface area contributed by atoms with Crippen molar-refractivity contribution in [1.82, 2.24) is 9.88 Å². The zero-order chi connectivity index (χ0) is 17.6. The molecule has 1 aromatic carbocycles. The van der Waals surface area contributed by atoms with Crippen LogP contribution < -0.4 is 0 Å². The summed E-state index contributed by atoms with van der Waals surface area (Å²) >= 11 is 1.47. The fraction of sp³-hybridized carbons (Fsp3) is 0.389. The van der Waals surface area contributed by atoms with E-state index in [0.29, 0.717) is 18.8 Å². The van der Waals surface area contributed by atoms with E-state index in [-0.39, 0.29) is 18.6 Å². The Labute approximate surface area is 150 Å². The Morgan fingerprint density at radius 1 is 1.24 bits per heavy atom. The Bertz CT molecular complexity index is 724. The van der Waals surface area contributed by atoms with Crippen LogP contribution in [0.1, 0.15) is 39.8 Å². The van der Waals surface area contributed by atoms with Crippen molar-refractivity contribution in [1.29, 1.82) is 0 Å². The zero-order valence-corrected chi connectivity index (χ0v) is 14.8. The maximum absolute atomic E-state index is 12.2. The summed E-state index contributed by atoms with van der Waals surface area (Å²) in [6.07, 6.45) is 1.35. The fourth-order valence-corrected chi connectivity index (χ4v) is 3.75. The van der Waals surface area contributed by atoms with Crippen LogP contribution in [0.5, 0.6) is 0 Å². The van der Waals surface area contributed by atoms with E-state index in [4.69, 9.17) is 4.74 Å². The first kappa shape index (κ1) is 17.4. The van der Waals surface area contributed by atoms with E-state index >= 15 is 0 Å². The minimum Gasteiger partial charge on any atom is -0.464 e. The van der Waals surface area contributed by atoms with Crippen molar-refractivity contribution in [2.24, 2.45) is 0 Å². The molecule has 1 aromatic heterocycles. The molecule has 2 heterocycles. The summed E-state index contributed by atoms with van der Waals surface area (Å²) in [6, 6.07) is 9.64. The molecular formula is C18H20N2O4S.